The minimum atomic E-state index is -1.09. The maximum Gasteiger partial charge on any atom is 0.312 e. The van der Waals surface area contributed by atoms with Crippen molar-refractivity contribution in [1.29, 1.82) is 0 Å². The molecule has 0 N–H and O–H groups in total. The lowest BCUT2D eigenvalue weighted by Crippen LogP contribution is -2.79. The quantitative estimate of drug-likeness (QED) is 0.777. The highest BCUT2D eigenvalue weighted by Crippen LogP contribution is 2.66. The summed E-state index contributed by atoms with van der Waals surface area (Å²) < 4.78 is 19.1. The molecule has 1 saturated heterocycles. The van der Waals surface area contributed by atoms with Crippen LogP contribution in [0.4, 0.5) is 4.39 Å². The van der Waals surface area contributed by atoms with Crippen molar-refractivity contribution in [3.8, 4) is 11.3 Å². The van der Waals surface area contributed by atoms with E-state index in [2.05, 4.69) is 10.1 Å². The van der Waals surface area contributed by atoms with Crippen LogP contribution >= 0.6 is 0 Å². The smallest absolute Gasteiger partial charge is 0.312 e. The van der Waals surface area contributed by atoms with E-state index in [-0.39, 0.29) is 6.54 Å². The Morgan fingerprint density at radius 1 is 1.19 bits per heavy atom. The van der Waals surface area contributed by atoms with Gasteiger partial charge in [0.25, 0.3) is 0 Å². The molecule has 2 bridgehead atoms. The average molecular weight is 356 g/mol. The number of hydrogen-bond acceptors (Lipinski definition) is 5. The molecule has 1 aliphatic heterocycles. The Hall–Kier alpha value is -2.77. The number of hydrogen-bond donors (Lipinski definition) is 0. The fraction of sp³-hybridized carbons (Fsp3) is 0.444. The Balaban J connectivity index is 1.27. The maximum absolute atomic E-state index is 13.7. The van der Waals surface area contributed by atoms with Crippen molar-refractivity contribution in [2.75, 3.05) is 13.1 Å². The first kappa shape index (κ1) is 15.5. The van der Waals surface area contributed by atoms with Crippen LogP contribution in [0, 0.1) is 0 Å². The number of pyridine rings is 1. The SMILES string of the molecule is O=C1C(=O)N(C23CC(F)(C2)C3)CCN1Cc1cc(-c2cccnc2)no1. The van der Waals surface area contributed by atoms with Crippen molar-refractivity contribution in [3.63, 3.8) is 0 Å². The number of amides is 2. The van der Waals surface area contributed by atoms with Gasteiger partial charge >= 0.3 is 11.8 Å². The number of carbonyl (C=O) groups is 2. The topological polar surface area (TPSA) is 79.5 Å². The molecule has 3 heterocycles. The molecule has 0 spiro atoms. The van der Waals surface area contributed by atoms with E-state index in [1.807, 2.05) is 6.07 Å². The van der Waals surface area contributed by atoms with Crippen LogP contribution in [0.3, 0.4) is 0 Å². The molecule has 0 atom stereocenters. The van der Waals surface area contributed by atoms with E-state index in [0.29, 0.717) is 43.8 Å². The lowest BCUT2D eigenvalue weighted by atomic mass is 9.46. The van der Waals surface area contributed by atoms with Crippen molar-refractivity contribution < 1.29 is 18.5 Å². The Morgan fingerprint density at radius 2 is 2.00 bits per heavy atom. The zero-order valence-corrected chi connectivity index (χ0v) is 14.0. The molecule has 4 aliphatic rings. The second-order valence-corrected chi connectivity index (χ2v) is 7.51. The first-order valence-electron chi connectivity index (χ1n) is 8.64. The number of rotatable bonds is 4. The van der Waals surface area contributed by atoms with E-state index in [1.165, 1.54) is 4.90 Å². The highest BCUT2D eigenvalue weighted by atomic mass is 19.1. The second-order valence-electron chi connectivity index (χ2n) is 7.51. The summed E-state index contributed by atoms with van der Waals surface area (Å²) in [5.41, 5.74) is -0.0536. The predicted octanol–water partition coefficient (Wildman–Crippen LogP) is 1.55. The van der Waals surface area contributed by atoms with E-state index in [9.17, 15) is 14.0 Å². The van der Waals surface area contributed by atoms with Crippen LogP contribution in [0.25, 0.3) is 11.3 Å². The summed E-state index contributed by atoms with van der Waals surface area (Å²) in [5, 5.41) is 4.00. The summed E-state index contributed by atoms with van der Waals surface area (Å²) in [6.07, 6.45) is 4.46. The van der Waals surface area contributed by atoms with Crippen LogP contribution in [-0.4, -0.2) is 56.1 Å². The largest absolute Gasteiger partial charge is 0.359 e. The molecular weight excluding hydrogens is 339 g/mol. The molecule has 134 valence electrons. The van der Waals surface area contributed by atoms with Crippen LogP contribution in [-0.2, 0) is 16.1 Å². The van der Waals surface area contributed by atoms with Gasteiger partial charge in [-0.15, -0.1) is 0 Å². The van der Waals surface area contributed by atoms with E-state index in [4.69, 9.17) is 4.52 Å². The molecule has 4 fully saturated rings. The number of piperazine rings is 1. The Labute approximate surface area is 148 Å². The van der Waals surface area contributed by atoms with Crippen molar-refractivity contribution in [2.24, 2.45) is 0 Å². The molecule has 3 aliphatic carbocycles. The van der Waals surface area contributed by atoms with Gasteiger partial charge in [0.1, 0.15) is 11.4 Å². The summed E-state index contributed by atoms with van der Waals surface area (Å²) in [4.78, 5) is 32.0. The summed E-state index contributed by atoms with van der Waals surface area (Å²) >= 11 is 0. The molecule has 7 nitrogen and oxygen atoms in total. The molecule has 26 heavy (non-hydrogen) atoms. The normalized spacial score (nSPS) is 30.2. The number of alkyl halides is 1. The third kappa shape index (κ3) is 2.17. The monoisotopic (exact) mass is 356 g/mol. The standard InChI is InChI=1S/C18H17FN4O3/c19-17-9-18(10-17,11-17)23-5-4-22(15(24)16(23)25)8-13-6-14(21-26-13)12-2-1-3-20-7-12/h1-3,6-7H,4-5,8-11H2. The number of halogens is 1. The van der Waals surface area contributed by atoms with Crippen molar-refractivity contribution in [3.05, 3.63) is 36.4 Å². The second kappa shape index (κ2) is 5.12. The molecule has 2 aromatic heterocycles. The van der Waals surface area contributed by atoms with Crippen molar-refractivity contribution in [2.45, 2.75) is 37.0 Å². The lowest BCUT2D eigenvalue weighted by molar-refractivity contribution is -0.230. The zero-order valence-electron chi connectivity index (χ0n) is 14.0. The van der Waals surface area contributed by atoms with Gasteiger partial charge in [0.05, 0.1) is 12.1 Å². The van der Waals surface area contributed by atoms with Crippen molar-refractivity contribution in [1.82, 2.24) is 19.9 Å². The van der Waals surface area contributed by atoms with E-state index in [1.54, 1.807) is 29.4 Å². The van der Waals surface area contributed by atoms with Gasteiger partial charge in [-0.3, -0.25) is 14.6 Å². The first-order chi connectivity index (χ1) is 12.5. The van der Waals surface area contributed by atoms with Crippen LogP contribution in [0.5, 0.6) is 0 Å². The summed E-state index contributed by atoms with van der Waals surface area (Å²) in [7, 11) is 0. The van der Waals surface area contributed by atoms with Gasteiger partial charge in [-0.1, -0.05) is 5.16 Å². The van der Waals surface area contributed by atoms with Gasteiger partial charge < -0.3 is 14.3 Å². The summed E-state index contributed by atoms with van der Waals surface area (Å²) in [6.45, 7) is 1.03. The zero-order chi connectivity index (χ0) is 17.9. The molecule has 6 rings (SSSR count). The summed E-state index contributed by atoms with van der Waals surface area (Å²) in [5.74, 6) is -0.593. The molecule has 8 heteroatoms. The molecule has 2 aromatic rings. The van der Waals surface area contributed by atoms with E-state index >= 15 is 0 Å². The summed E-state index contributed by atoms with van der Waals surface area (Å²) in [6, 6.07) is 5.41. The van der Waals surface area contributed by atoms with Crippen LogP contribution in [0.2, 0.25) is 0 Å². The van der Waals surface area contributed by atoms with Crippen LogP contribution < -0.4 is 0 Å². The third-order valence-electron chi connectivity index (χ3n) is 5.68. The van der Waals surface area contributed by atoms with Gasteiger partial charge in [0.2, 0.25) is 0 Å². The number of nitrogens with zero attached hydrogens (tertiary/aromatic N) is 4. The van der Waals surface area contributed by atoms with Gasteiger partial charge in [-0.05, 0) is 12.1 Å². The maximum atomic E-state index is 13.7. The predicted molar refractivity (Wildman–Crippen MR) is 87.3 cm³/mol. The molecule has 0 aromatic carbocycles. The highest BCUT2D eigenvalue weighted by Gasteiger charge is 2.73. The lowest BCUT2D eigenvalue weighted by Gasteiger charge is -2.69. The molecule has 2 amide bonds. The average Bonchev–Trinajstić information content (AvgIpc) is 3.05. The van der Waals surface area contributed by atoms with Crippen molar-refractivity contribution >= 4 is 11.8 Å². The fourth-order valence-electron chi connectivity index (χ4n) is 4.40. The van der Waals surface area contributed by atoms with Crippen LogP contribution in [0.1, 0.15) is 25.0 Å². The van der Waals surface area contributed by atoms with E-state index < -0.39 is 23.0 Å². The van der Waals surface area contributed by atoms with Gasteiger partial charge in [-0.25, -0.2) is 4.39 Å². The molecule has 0 unspecified atom stereocenters. The fourth-order valence-corrected chi connectivity index (χ4v) is 4.40. The van der Waals surface area contributed by atoms with Gasteiger partial charge in [-0.2, -0.15) is 0 Å². The molecule has 0 radical (unpaired) electrons. The Kier molecular flexibility index (Phi) is 3.05. The van der Waals surface area contributed by atoms with Gasteiger partial charge in [0.15, 0.2) is 5.76 Å². The third-order valence-corrected chi connectivity index (χ3v) is 5.68. The Bertz CT molecular complexity index is 877. The highest BCUT2D eigenvalue weighted by molar-refractivity contribution is 6.35. The van der Waals surface area contributed by atoms with Gasteiger partial charge in [0, 0.05) is 56.4 Å². The minimum absolute atomic E-state index is 0.186. The minimum Gasteiger partial charge on any atom is -0.359 e. The Morgan fingerprint density at radius 3 is 2.69 bits per heavy atom. The molecule has 3 saturated carbocycles. The number of carbonyl (C=O) groups excluding carboxylic acids is 2. The first-order valence-corrected chi connectivity index (χ1v) is 8.64. The van der Waals surface area contributed by atoms with E-state index in [0.717, 1.165) is 5.56 Å². The molecular formula is C18H17FN4O3. The van der Waals surface area contributed by atoms with Crippen LogP contribution in [0.15, 0.2) is 35.1 Å². The number of aromatic nitrogens is 2.